The molecule has 1 fully saturated rings. The van der Waals surface area contributed by atoms with Crippen molar-refractivity contribution in [2.75, 3.05) is 26.8 Å². The molecule has 1 aliphatic rings. The van der Waals surface area contributed by atoms with Gasteiger partial charge in [-0.25, -0.2) is 0 Å². The van der Waals surface area contributed by atoms with Gasteiger partial charge in [0.15, 0.2) is 0 Å². The second-order valence-electron chi connectivity index (χ2n) is 5.48. The Morgan fingerprint density at radius 1 is 1.26 bits per heavy atom. The van der Waals surface area contributed by atoms with Gasteiger partial charge in [-0.1, -0.05) is 17.7 Å². The zero-order valence-electron chi connectivity index (χ0n) is 12.3. The van der Waals surface area contributed by atoms with E-state index in [1.165, 1.54) is 29.5 Å². The lowest BCUT2D eigenvalue weighted by Gasteiger charge is -2.29. The second-order valence-corrected chi connectivity index (χ2v) is 5.48. The Bertz CT molecular complexity index is 425. The molecule has 1 unspecified atom stereocenters. The molecule has 1 aromatic carbocycles. The summed E-state index contributed by atoms with van der Waals surface area (Å²) in [6, 6.07) is 4.65. The Morgan fingerprint density at radius 3 is 2.53 bits per heavy atom. The predicted octanol–water partition coefficient (Wildman–Crippen LogP) is 2.83. The number of hydrogen-bond acceptors (Lipinski definition) is 3. The molecule has 1 aromatic rings. The molecular weight excluding hydrogens is 238 g/mol. The van der Waals surface area contributed by atoms with Crippen LogP contribution in [-0.4, -0.2) is 36.8 Å². The minimum atomic E-state index is 0.220. The first-order chi connectivity index (χ1) is 9.17. The highest BCUT2D eigenvalue weighted by Crippen LogP contribution is 2.36. The normalized spacial score (nSPS) is 17.7. The number of nitrogens with zero attached hydrogens (tertiary/aromatic N) is 1. The van der Waals surface area contributed by atoms with E-state index in [0.29, 0.717) is 0 Å². The zero-order chi connectivity index (χ0) is 13.8. The third-order valence-corrected chi connectivity index (χ3v) is 3.99. The summed E-state index contributed by atoms with van der Waals surface area (Å²) < 4.78 is 5.61. The summed E-state index contributed by atoms with van der Waals surface area (Å²) in [6.07, 6.45) is 3.29. The van der Waals surface area contributed by atoms with Gasteiger partial charge in [0.05, 0.1) is 7.11 Å². The Labute approximate surface area is 116 Å². The molecule has 1 heterocycles. The molecule has 1 atom stereocenters. The molecular formula is C16H25NO2. The summed E-state index contributed by atoms with van der Waals surface area (Å²) >= 11 is 0. The summed E-state index contributed by atoms with van der Waals surface area (Å²) in [4.78, 5) is 2.48. The fraction of sp³-hybridized carbons (Fsp3) is 0.625. The van der Waals surface area contributed by atoms with Gasteiger partial charge in [-0.15, -0.1) is 0 Å². The molecule has 106 valence electrons. The van der Waals surface area contributed by atoms with E-state index in [0.717, 1.165) is 25.3 Å². The Balaban J connectivity index is 2.39. The summed E-state index contributed by atoms with van der Waals surface area (Å²) in [6.45, 7) is 6.68. The molecule has 0 amide bonds. The maximum atomic E-state index is 9.39. The van der Waals surface area contributed by atoms with E-state index in [1.807, 2.05) is 0 Å². The molecule has 2 rings (SSSR count). The van der Waals surface area contributed by atoms with Crippen molar-refractivity contribution in [1.82, 2.24) is 4.90 Å². The fourth-order valence-corrected chi connectivity index (χ4v) is 3.22. The maximum absolute atomic E-state index is 9.39. The first-order valence-corrected chi connectivity index (χ1v) is 7.17. The minimum absolute atomic E-state index is 0.220. The molecule has 0 radical (unpaired) electrons. The number of methoxy groups -OCH3 is 1. The number of rotatable bonds is 5. The molecule has 3 heteroatoms. The first-order valence-electron chi connectivity index (χ1n) is 7.17. The molecule has 1 saturated heterocycles. The summed E-state index contributed by atoms with van der Waals surface area (Å²) in [5.74, 6) is 0.982. The number of likely N-dealkylation sites (tertiary alicyclic amines) is 1. The summed E-state index contributed by atoms with van der Waals surface area (Å²) in [7, 11) is 1.74. The van der Waals surface area contributed by atoms with Crippen molar-refractivity contribution in [2.24, 2.45) is 0 Å². The van der Waals surface area contributed by atoms with Gasteiger partial charge >= 0.3 is 0 Å². The van der Waals surface area contributed by atoms with Crippen LogP contribution in [0.4, 0.5) is 0 Å². The number of aliphatic hydroxyl groups is 1. The van der Waals surface area contributed by atoms with Crippen molar-refractivity contribution in [3.8, 4) is 5.75 Å². The summed E-state index contributed by atoms with van der Waals surface area (Å²) in [5, 5.41) is 9.39. The van der Waals surface area contributed by atoms with Crippen molar-refractivity contribution < 1.29 is 9.84 Å². The molecule has 0 bridgehead atoms. The highest BCUT2D eigenvalue weighted by Gasteiger charge is 2.26. The molecule has 3 nitrogen and oxygen atoms in total. The van der Waals surface area contributed by atoms with Crippen LogP contribution in [0.3, 0.4) is 0 Å². The Hall–Kier alpha value is -1.06. The smallest absolute Gasteiger partial charge is 0.126 e. The molecule has 0 spiro atoms. The van der Waals surface area contributed by atoms with Crippen LogP contribution >= 0.6 is 0 Å². The van der Waals surface area contributed by atoms with Crippen molar-refractivity contribution >= 4 is 0 Å². The van der Waals surface area contributed by atoms with E-state index >= 15 is 0 Å². The third kappa shape index (κ3) is 3.10. The molecule has 1 N–H and O–H groups in total. The zero-order valence-corrected chi connectivity index (χ0v) is 12.3. The van der Waals surface area contributed by atoms with Crippen molar-refractivity contribution in [1.29, 1.82) is 0 Å². The van der Waals surface area contributed by atoms with Crippen LogP contribution in [0.1, 0.15) is 42.0 Å². The number of ether oxygens (including phenoxy) is 1. The molecule has 19 heavy (non-hydrogen) atoms. The largest absolute Gasteiger partial charge is 0.496 e. The first kappa shape index (κ1) is 14.4. The quantitative estimate of drug-likeness (QED) is 0.886. The molecule has 1 aliphatic heterocycles. The lowest BCUT2D eigenvalue weighted by molar-refractivity contribution is 0.182. The SMILES string of the molecule is COc1c(C)cc(C)cc1C(CCO)N1CCCC1. The fourth-order valence-electron chi connectivity index (χ4n) is 3.22. The molecule has 0 aromatic heterocycles. The molecule has 0 aliphatic carbocycles. The Kier molecular flexibility index (Phi) is 4.83. The lowest BCUT2D eigenvalue weighted by atomic mass is 9.96. The average molecular weight is 263 g/mol. The highest BCUT2D eigenvalue weighted by molar-refractivity contribution is 5.45. The van der Waals surface area contributed by atoms with Crippen LogP contribution < -0.4 is 4.74 Å². The van der Waals surface area contributed by atoms with Gasteiger partial charge in [0.25, 0.3) is 0 Å². The third-order valence-electron chi connectivity index (χ3n) is 3.99. The van der Waals surface area contributed by atoms with Gasteiger partial charge in [-0.3, -0.25) is 4.90 Å². The van der Waals surface area contributed by atoms with Crippen LogP contribution in [0.2, 0.25) is 0 Å². The van der Waals surface area contributed by atoms with Gasteiger partial charge in [0, 0.05) is 18.2 Å². The number of hydrogen-bond donors (Lipinski definition) is 1. The van der Waals surface area contributed by atoms with Crippen LogP contribution in [0.25, 0.3) is 0 Å². The Morgan fingerprint density at radius 2 is 1.95 bits per heavy atom. The number of aliphatic hydroxyl groups excluding tert-OH is 1. The van der Waals surface area contributed by atoms with E-state index in [2.05, 4.69) is 30.9 Å². The average Bonchev–Trinajstić information content (AvgIpc) is 2.88. The predicted molar refractivity (Wildman–Crippen MR) is 77.7 cm³/mol. The summed E-state index contributed by atoms with van der Waals surface area (Å²) in [5.41, 5.74) is 3.67. The topological polar surface area (TPSA) is 32.7 Å². The van der Waals surface area contributed by atoms with Crippen molar-refractivity contribution in [3.63, 3.8) is 0 Å². The van der Waals surface area contributed by atoms with Crippen molar-refractivity contribution in [2.45, 2.75) is 39.2 Å². The highest BCUT2D eigenvalue weighted by atomic mass is 16.5. The van der Waals surface area contributed by atoms with Crippen LogP contribution in [0.15, 0.2) is 12.1 Å². The second kappa shape index (κ2) is 6.40. The van der Waals surface area contributed by atoms with Crippen LogP contribution in [0.5, 0.6) is 5.75 Å². The van der Waals surface area contributed by atoms with E-state index < -0.39 is 0 Å². The van der Waals surface area contributed by atoms with Crippen molar-refractivity contribution in [3.05, 3.63) is 28.8 Å². The van der Waals surface area contributed by atoms with Gasteiger partial charge in [0.1, 0.15) is 5.75 Å². The van der Waals surface area contributed by atoms with E-state index in [1.54, 1.807) is 7.11 Å². The molecule has 0 saturated carbocycles. The van der Waals surface area contributed by atoms with Gasteiger partial charge in [-0.05, 0) is 51.8 Å². The van der Waals surface area contributed by atoms with E-state index in [4.69, 9.17) is 4.74 Å². The van der Waals surface area contributed by atoms with Gasteiger partial charge in [-0.2, -0.15) is 0 Å². The number of benzene rings is 1. The standard InChI is InChI=1S/C16H25NO2/c1-12-10-13(2)16(19-3)14(11-12)15(6-9-18)17-7-4-5-8-17/h10-11,15,18H,4-9H2,1-3H3. The minimum Gasteiger partial charge on any atom is -0.496 e. The van der Waals surface area contributed by atoms with Crippen LogP contribution in [0, 0.1) is 13.8 Å². The van der Waals surface area contributed by atoms with E-state index in [-0.39, 0.29) is 12.6 Å². The van der Waals surface area contributed by atoms with Crippen LogP contribution in [-0.2, 0) is 0 Å². The monoisotopic (exact) mass is 263 g/mol. The number of aryl methyl sites for hydroxylation is 2. The van der Waals surface area contributed by atoms with Gasteiger partial charge in [0.2, 0.25) is 0 Å². The van der Waals surface area contributed by atoms with E-state index in [9.17, 15) is 5.11 Å². The maximum Gasteiger partial charge on any atom is 0.126 e. The van der Waals surface area contributed by atoms with Gasteiger partial charge < -0.3 is 9.84 Å². The lowest BCUT2D eigenvalue weighted by Crippen LogP contribution is -2.27.